The van der Waals surface area contributed by atoms with Gasteiger partial charge < -0.3 is 5.32 Å². The third-order valence-electron chi connectivity index (χ3n) is 3.08. The Morgan fingerprint density at radius 3 is 2.43 bits per heavy atom. The fourth-order valence-electron chi connectivity index (χ4n) is 1.89. The molecular weight excluding hydrogens is 290 g/mol. The molecule has 0 saturated carbocycles. The van der Waals surface area contributed by atoms with Crippen LogP contribution in [0.2, 0.25) is 0 Å². The summed E-state index contributed by atoms with van der Waals surface area (Å²) in [6, 6.07) is 7.47. The number of anilines is 1. The standard InChI is InChI=1S/C14H23N3O3S/c1-4-12-8-7-9-13(10-12)16-14(18)11-15-21(19,20)17(5-2)6-3/h7-10,15H,4-6,11H2,1-3H3,(H,16,18). The fourth-order valence-corrected chi connectivity index (χ4v) is 3.06. The van der Waals surface area contributed by atoms with Crippen LogP contribution in [0.3, 0.4) is 0 Å². The fraction of sp³-hybridized carbons (Fsp3) is 0.500. The molecule has 0 fully saturated rings. The lowest BCUT2D eigenvalue weighted by molar-refractivity contribution is -0.115. The van der Waals surface area contributed by atoms with Gasteiger partial charge in [-0.2, -0.15) is 17.4 Å². The van der Waals surface area contributed by atoms with Gasteiger partial charge in [0.25, 0.3) is 10.2 Å². The summed E-state index contributed by atoms with van der Waals surface area (Å²) in [7, 11) is -3.60. The highest BCUT2D eigenvalue weighted by molar-refractivity contribution is 7.87. The molecule has 21 heavy (non-hydrogen) atoms. The molecule has 0 saturated heterocycles. The van der Waals surface area contributed by atoms with E-state index < -0.39 is 10.2 Å². The number of carbonyl (C=O) groups excluding carboxylic acids is 1. The Balaban J connectivity index is 2.58. The first-order valence-corrected chi connectivity index (χ1v) is 8.50. The maximum Gasteiger partial charge on any atom is 0.279 e. The van der Waals surface area contributed by atoms with E-state index in [1.807, 2.05) is 25.1 Å². The Hall–Kier alpha value is -1.44. The van der Waals surface area contributed by atoms with Gasteiger partial charge in [0, 0.05) is 18.8 Å². The van der Waals surface area contributed by atoms with Crippen LogP contribution in [0.5, 0.6) is 0 Å². The summed E-state index contributed by atoms with van der Waals surface area (Å²) in [5, 5.41) is 2.68. The van der Waals surface area contributed by atoms with Crippen LogP contribution < -0.4 is 10.0 Å². The summed E-state index contributed by atoms with van der Waals surface area (Å²) in [4.78, 5) is 11.8. The molecule has 0 bridgehead atoms. The molecule has 0 aliphatic carbocycles. The van der Waals surface area contributed by atoms with Crippen molar-refractivity contribution in [3.05, 3.63) is 29.8 Å². The number of rotatable bonds is 8. The predicted octanol–water partition coefficient (Wildman–Crippen LogP) is 1.36. The number of carbonyl (C=O) groups is 1. The second kappa shape index (κ2) is 8.11. The van der Waals surface area contributed by atoms with Crippen molar-refractivity contribution in [2.45, 2.75) is 27.2 Å². The van der Waals surface area contributed by atoms with Crippen LogP contribution in [-0.2, 0) is 21.4 Å². The number of hydrogen-bond acceptors (Lipinski definition) is 3. The van der Waals surface area contributed by atoms with E-state index in [2.05, 4.69) is 10.0 Å². The van der Waals surface area contributed by atoms with Gasteiger partial charge in [-0.3, -0.25) is 4.79 Å². The Morgan fingerprint density at radius 1 is 1.19 bits per heavy atom. The minimum absolute atomic E-state index is 0.283. The molecule has 1 aromatic rings. The third kappa shape index (κ3) is 5.45. The lowest BCUT2D eigenvalue weighted by Gasteiger charge is -2.18. The van der Waals surface area contributed by atoms with Crippen molar-refractivity contribution in [3.8, 4) is 0 Å². The van der Waals surface area contributed by atoms with Crippen molar-refractivity contribution >= 4 is 21.8 Å². The minimum Gasteiger partial charge on any atom is -0.325 e. The predicted molar refractivity (Wildman–Crippen MR) is 84.3 cm³/mol. The van der Waals surface area contributed by atoms with E-state index in [0.29, 0.717) is 18.8 Å². The molecule has 0 heterocycles. The molecule has 6 nitrogen and oxygen atoms in total. The molecule has 1 rings (SSSR count). The SMILES string of the molecule is CCc1cccc(NC(=O)CNS(=O)(=O)N(CC)CC)c1. The summed E-state index contributed by atoms with van der Waals surface area (Å²) in [5.74, 6) is -0.390. The Bertz CT molecular complexity index is 569. The van der Waals surface area contributed by atoms with Gasteiger partial charge in [0.1, 0.15) is 0 Å². The van der Waals surface area contributed by atoms with Crippen LogP contribution in [-0.4, -0.2) is 38.3 Å². The molecule has 0 atom stereocenters. The molecule has 0 unspecified atom stereocenters. The van der Waals surface area contributed by atoms with E-state index in [1.54, 1.807) is 19.9 Å². The summed E-state index contributed by atoms with van der Waals surface area (Å²) in [6.45, 7) is 5.98. The van der Waals surface area contributed by atoms with Gasteiger partial charge in [-0.25, -0.2) is 0 Å². The Morgan fingerprint density at radius 2 is 1.86 bits per heavy atom. The average Bonchev–Trinajstić information content (AvgIpc) is 2.46. The molecule has 0 aromatic heterocycles. The number of nitrogens with zero attached hydrogens (tertiary/aromatic N) is 1. The van der Waals surface area contributed by atoms with E-state index in [1.165, 1.54) is 4.31 Å². The van der Waals surface area contributed by atoms with Crippen molar-refractivity contribution < 1.29 is 13.2 Å². The largest absolute Gasteiger partial charge is 0.325 e. The van der Waals surface area contributed by atoms with Crippen molar-refractivity contribution in [1.29, 1.82) is 0 Å². The van der Waals surface area contributed by atoms with Gasteiger partial charge in [-0.05, 0) is 24.1 Å². The molecule has 1 aromatic carbocycles. The molecule has 0 spiro atoms. The number of nitrogens with one attached hydrogen (secondary N) is 2. The van der Waals surface area contributed by atoms with Crippen molar-refractivity contribution in [2.24, 2.45) is 0 Å². The van der Waals surface area contributed by atoms with Gasteiger partial charge >= 0.3 is 0 Å². The summed E-state index contributed by atoms with van der Waals surface area (Å²) in [6.07, 6.45) is 0.873. The first-order valence-electron chi connectivity index (χ1n) is 7.06. The normalized spacial score (nSPS) is 11.6. The number of benzene rings is 1. The highest BCUT2D eigenvalue weighted by Gasteiger charge is 2.19. The lowest BCUT2D eigenvalue weighted by atomic mass is 10.1. The quantitative estimate of drug-likeness (QED) is 0.761. The zero-order chi connectivity index (χ0) is 15.9. The third-order valence-corrected chi connectivity index (χ3v) is 4.78. The van der Waals surface area contributed by atoms with Gasteiger partial charge in [0.05, 0.1) is 6.54 Å². The zero-order valence-corrected chi connectivity index (χ0v) is 13.5. The molecule has 118 valence electrons. The highest BCUT2D eigenvalue weighted by Crippen LogP contribution is 2.10. The zero-order valence-electron chi connectivity index (χ0n) is 12.7. The maximum atomic E-state index is 11.9. The van der Waals surface area contributed by atoms with Crippen LogP contribution in [0, 0.1) is 0 Å². The lowest BCUT2D eigenvalue weighted by Crippen LogP contribution is -2.43. The molecule has 7 heteroatoms. The van der Waals surface area contributed by atoms with E-state index >= 15 is 0 Å². The molecule has 0 aliphatic heterocycles. The number of hydrogen-bond donors (Lipinski definition) is 2. The summed E-state index contributed by atoms with van der Waals surface area (Å²) >= 11 is 0. The van der Waals surface area contributed by atoms with Crippen molar-refractivity contribution in [3.63, 3.8) is 0 Å². The minimum atomic E-state index is -3.60. The van der Waals surface area contributed by atoms with Crippen LogP contribution in [0.15, 0.2) is 24.3 Å². The Kier molecular flexibility index (Phi) is 6.80. The second-order valence-electron chi connectivity index (χ2n) is 4.51. The number of aryl methyl sites for hydroxylation is 1. The number of amides is 1. The van der Waals surface area contributed by atoms with Crippen LogP contribution >= 0.6 is 0 Å². The van der Waals surface area contributed by atoms with Crippen LogP contribution in [0.4, 0.5) is 5.69 Å². The molecular formula is C14H23N3O3S. The Labute approximate surface area is 126 Å². The second-order valence-corrected chi connectivity index (χ2v) is 6.27. The van der Waals surface area contributed by atoms with E-state index in [4.69, 9.17) is 0 Å². The molecule has 2 N–H and O–H groups in total. The molecule has 0 radical (unpaired) electrons. The van der Waals surface area contributed by atoms with Gasteiger partial charge in [0.15, 0.2) is 0 Å². The van der Waals surface area contributed by atoms with Gasteiger partial charge in [0.2, 0.25) is 5.91 Å². The van der Waals surface area contributed by atoms with E-state index in [9.17, 15) is 13.2 Å². The first-order chi connectivity index (χ1) is 9.92. The highest BCUT2D eigenvalue weighted by atomic mass is 32.2. The van der Waals surface area contributed by atoms with E-state index in [0.717, 1.165) is 12.0 Å². The monoisotopic (exact) mass is 313 g/mol. The summed E-state index contributed by atoms with van der Waals surface area (Å²) in [5.41, 5.74) is 1.78. The first kappa shape index (κ1) is 17.6. The average molecular weight is 313 g/mol. The molecule has 0 aliphatic rings. The van der Waals surface area contributed by atoms with Crippen LogP contribution in [0.25, 0.3) is 0 Å². The molecule has 1 amide bonds. The summed E-state index contributed by atoms with van der Waals surface area (Å²) < 4.78 is 27.3. The van der Waals surface area contributed by atoms with Gasteiger partial charge in [-0.15, -0.1) is 0 Å². The maximum absolute atomic E-state index is 11.9. The van der Waals surface area contributed by atoms with Crippen molar-refractivity contribution in [1.82, 2.24) is 9.03 Å². The van der Waals surface area contributed by atoms with Crippen molar-refractivity contribution in [2.75, 3.05) is 25.0 Å². The van der Waals surface area contributed by atoms with Gasteiger partial charge in [-0.1, -0.05) is 32.9 Å². The van der Waals surface area contributed by atoms with Crippen LogP contribution in [0.1, 0.15) is 26.3 Å². The van der Waals surface area contributed by atoms with E-state index in [-0.39, 0.29) is 12.5 Å². The topological polar surface area (TPSA) is 78.5 Å². The smallest absolute Gasteiger partial charge is 0.279 e.